The van der Waals surface area contributed by atoms with Crippen molar-refractivity contribution in [1.29, 1.82) is 0 Å². The highest BCUT2D eigenvalue weighted by molar-refractivity contribution is 5.85. The fourth-order valence-corrected chi connectivity index (χ4v) is 0.757. The van der Waals surface area contributed by atoms with Gasteiger partial charge in [-0.05, 0) is 19.1 Å². The minimum absolute atomic E-state index is 0. The maximum absolute atomic E-state index is 11.9. The van der Waals surface area contributed by atoms with E-state index in [1.54, 1.807) is 13.0 Å². The number of halogens is 3. The first-order chi connectivity index (χ1) is 5.11. The van der Waals surface area contributed by atoms with Gasteiger partial charge in [-0.15, -0.1) is 12.4 Å². The van der Waals surface area contributed by atoms with E-state index in [0.29, 0.717) is 5.76 Å². The van der Waals surface area contributed by atoms with Gasteiger partial charge in [-0.2, -0.15) is 0 Å². The van der Waals surface area contributed by atoms with Gasteiger partial charge < -0.3 is 10.2 Å². The molecule has 1 heterocycles. The van der Waals surface area contributed by atoms with Crippen molar-refractivity contribution >= 4 is 12.4 Å². The molecule has 1 aromatic rings. The lowest BCUT2D eigenvalue weighted by atomic mass is 10.2. The zero-order valence-electron chi connectivity index (χ0n) is 6.46. The average Bonchev–Trinajstić information content (AvgIpc) is 2.34. The summed E-state index contributed by atoms with van der Waals surface area (Å²) in [6.45, 7) is 1.68. The van der Waals surface area contributed by atoms with Crippen LogP contribution in [0.2, 0.25) is 0 Å². The van der Waals surface area contributed by atoms with Gasteiger partial charge in [0.25, 0.3) is 6.43 Å². The van der Waals surface area contributed by atoms with E-state index in [1.807, 2.05) is 0 Å². The van der Waals surface area contributed by atoms with Crippen LogP contribution in [0.5, 0.6) is 0 Å². The number of furan rings is 1. The molecule has 0 aromatic carbocycles. The molecule has 0 amide bonds. The minimum Gasteiger partial charge on any atom is -0.464 e. The number of hydrogen-bond acceptors (Lipinski definition) is 2. The predicted molar refractivity (Wildman–Crippen MR) is 43.6 cm³/mol. The molecule has 0 unspecified atom stereocenters. The van der Waals surface area contributed by atoms with E-state index in [1.165, 1.54) is 6.07 Å². The lowest BCUT2D eigenvalue weighted by Gasteiger charge is -2.05. The molecule has 0 aliphatic carbocycles. The average molecular weight is 198 g/mol. The molecular weight excluding hydrogens is 188 g/mol. The molecular formula is C7H10ClF2NO. The Balaban J connectivity index is 0.00000121. The predicted octanol–water partition coefficient (Wildman–Crippen LogP) is 2.27. The lowest BCUT2D eigenvalue weighted by molar-refractivity contribution is 0.106. The standard InChI is InChI=1S/C7H9F2NO.ClH/c1-4-2-3-5(11-4)6(10)7(8)9;/h2-3,6-7H,10H2,1H3;1H/t6-;/m0./s1. The molecule has 5 heteroatoms. The summed E-state index contributed by atoms with van der Waals surface area (Å²) in [4.78, 5) is 0. The van der Waals surface area contributed by atoms with Crippen LogP contribution in [0.15, 0.2) is 16.5 Å². The van der Waals surface area contributed by atoms with Gasteiger partial charge in [-0.25, -0.2) is 8.78 Å². The van der Waals surface area contributed by atoms with Crippen LogP contribution in [-0.4, -0.2) is 6.43 Å². The first-order valence-electron chi connectivity index (χ1n) is 3.21. The van der Waals surface area contributed by atoms with E-state index in [-0.39, 0.29) is 18.2 Å². The van der Waals surface area contributed by atoms with Crippen LogP contribution in [0.25, 0.3) is 0 Å². The minimum atomic E-state index is -2.57. The first kappa shape index (κ1) is 11.4. The van der Waals surface area contributed by atoms with Gasteiger partial charge in [-0.3, -0.25) is 0 Å². The van der Waals surface area contributed by atoms with E-state index in [0.717, 1.165) is 0 Å². The molecule has 0 fully saturated rings. The topological polar surface area (TPSA) is 39.2 Å². The molecule has 12 heavy (non-hydrogen) atoms. The number of nitrogens with two attached hydrogens (primary N) is 1. The number of hydrogen-bond donors (Lipinski definition) is 1. The summed E-state index contributed by atoms with van der Waals surface area (Å²) in [5, 5.41) is 0. The van der Waals surface area contributed by atoms with Crippen molar-refractivity contribution in [3.8, 4) is 0 Å². The van der Waals surface area contributed by atoms with Crippen LogP contribution in [-0.2, 0) is 0 Å². The summed E-state index contributed by atoms with van der Waals surface area (Å²) in [6.07, 6.45) is -2.57. The molecule has 2 N–H and O–H groups in total. The Labute approximate surface area is 75.1 Å². The van der Waals surface area contributed by atoms with Crippen molar-refractivity contribution < 1.29 is 13.2 Å². The molecule has 0 bridgehead atoms. The highest BCUT2D eigenvalue weighted by Gasteiger charge is 2.20. The quantitative estimate of drug-likeness (QED) is 0.790. The van der Waals surface area contributed by atoms with Gasteiger partial charge in [0.1, 0.15) is 17.6 Å². The molecule has 0 saturated heterocycles. The largest absolute Gasteiger partial charge is 0.464 e. The molecule has 0 aliphatic heterocycles. The van der Waals surface area contributed by atoms with Crippen LogP contribution in [0.4, 0.5) is 8.78 Å². The monoisotopic (exact) mass is 197 g/mol. The normalized spacial score (nSPS) is 12.8. The van der Waals surface area contributed by atoms with Crippen molar-refractivity contribution in [3.63, 3.8) is 0 Å². The molecule has 70 valence electrons. The second-order valence-corrected chi connectivity index (χ2v) is 2.31. The molecule has 0 radical (unpaired) electrons. The number of alkyl halides is 2. The van der Waals surface area contributed by atoms with Gasteiger partial charge in [0.15, 0.2) is 0 Å². The molecule has 0 aliphatic rings. The highest BCUT2D eigenvalue weighted by Crippen LogP contribution is 2.19. The maximum Gasteiger partial charge on any atom is 0.260 e. The Kier molecular flexibility index (Phi) is 4.20. The summed E-state index contributed by atoms with van der Waals surface area (Å²) in [7, 11) is 0. The lowest BCUT2D eigenvalue weighted by Crippen LogP contribution is -2.17. The van der Waals surface area contributed by atoms with Gasteiger partial charge in [0.2, 0.25) is 0 Å². The fourth-order valence-electron chi connectivity index (χ4n) is 0.757. The summed E-state index contributed by atoms with van der Waals surface area (Å²) in [5.41, 5.74) is 5.11. The molecule has 1 aromatic heterocycles. The summed E-state index contributed by atoms with van der Waals surface area (Å²) < 4.78 is 28.8. The Morgan fingerprint density at radius 1 is 1.42 bits per heavy atom. The van der Waals surface area contributed by atoms with Crippen molar-refractivity contribution in [3.05, 3.63) is 23.7 Å². The molecule has 2 nitrogen and oxygen atoms in total. The molecule has 1 rings (SSSR count). The maximum atomic E-state index is 11.9. The van der Waals surface area contributed by atoms with Crippen LogP contribution in [0, 0.1) is 6.92 Å². The van der Waals surface area contributed by atoms with Crippen molar-refractivity contribution in [2.24, 2.45) is 5.73 Å². The van der Waals surface area contributed by atoms with E-state index < -0.39 is 12.5 Å². The third kappa shape index (κ3) is 2.46. The smallest absolute Gasteiger partial charge is 0.260 e. The molecule has 0 spiro atoms. The van der Waals surface area contributed by atoms with Gasteiger partial charge in [-0.1, -0.05) is 0 Å². The van der Waals surface area contributed by atoms with Crippen molar-refractivity contribution in [2.45, 2.75) is 19.4 Å². The second-order valence-electron chi connectivity index (χ2n) is 2.31. The van der Waals surface area contributed by atoms with Gasteiger partial charge in [0, 0.05) is 0 Å². The highest BCUT2D eigenvalue weighted by atomic mass is 35.5. The third-order valence-electron chi connectivity index (χ3n) is 1.36. The Hall–Kier alpha value is -0.610. The zero-order valence-corrected chi connectivity index (χ0v) is 7.28. The summed E-state index contributed by atoms with van der Waals surface area (Å²) in [6, 6.07) is 1.77. The van der Waals surface area contributed by atoms with Crippen molar-refractivity contribution in [1.82, 2.24) is 0 Å². The summed E-state index contributed by atoms with van der Waals surface area (Å²) >= 11 is 0. The van der Waals surface area contributed by atoms with Crippen LogP contribution in [0.1, 0.15) is 17.6 Å². The van der Waals surface area contributed by atoms with E-state index in [4.69, 9.17) is 10.2 Å². The Morgan fingerprint density at radius 2 is 2.00 bits per heavy atom. The van der Waals surface area contributed by atoms with E-state index >= 15 is 0 Å². The SMILES string of the molecule is Cc1ccc([C@H](N)C(F)F)o1.Cl. The summed E-state index contributed by atoms with van der Waals surface area (Å²) in [5.74, 6) is 0.730. The zero-order chi connectivity index (χ0) is 8.43. The molecule has 1 atom stereocenters. The van der Waals surface area contributed by atoms with Gasteiger partial charge in [0.05, 0.1) is 0 Å². The second kappa shape index (κ2) is 4.42. The first-order valence-corrected chi connectivity index (χ1v) is 3.21. The number of aryl methyl sites for hydroxylation is 1. The Morgan fingerprint density at radius 3 is 2.33 bits per heavy atom. The van der Waals surface area contributed by atoms with Crippen LogP contribution < -0.4 is 5.73 Å². The molecule has 0 saturated carbocycles. The van der Waals surface area contributed by atoms with Crippen LogP contribution in [0.3, 0.4) is 0 Å². The Bertz CT molecular complexity index is 239. The van der Waals surface area contributed by atoms with Crippen molar-refractivity contribution in [2.75, 3.05) is 0 Å². The van der Waals surface area contributed by atoms with E-state index in [9.17, 15) is 8.78 Å². The fraction of sp³-hybridized carbons (Fsp3) is 0.429. The number of rotatable bonds is 2. The van der Waals surface area contributed by atoms with E-state index in [2.05, 4.69) is 0 Å². The van der Waals surface area contributed by atoms with Gasteiger partial charge >= 0.3 is 0 Å². The third-order valence-corrected chi connectivity index (χ3v) is 1.36. The van der Waals surface area contributed by atoms with Crippen LogP contribution >= 0.6 is 12.4 Å².